The predicted octanol–water partition coefficient (Wildman–Crippen LogP) is 1.61. The summed E-state index contributed by atoms with van der Waals surface area (Å²) in [5.74, 6) is -0.249. The molecule has 1 aliphatic heterocycles. The van der Waals surface area contributed by atoms with Crippen LogP contribution in [0.2, 0.25) is 0 Å². The summed E-state index contributed by atoms with van der Waals surface area (Å²) in [6, 6.07) is 9.82. The van der Waals surface area contributed by atoms with Crippen LogP contribution in [-0.4, -0.2) is 73.5 Å². The molecular formula is C23H33N3O4. The van der Waals surface area contributed by atoms with E-state index in [1.165, 1.54) is 7.11 Å². The third-order valence-electron chi connectivity index (χ3n) is 6.17. The van der Waals surface area contributed by atoms with E-state index >= 15 is 0 Å². The van der Waals surface area contributed by atoms with Gasteiger partial charge >= 0.3 is 0 Å². The van der Waals surface area contributed by atoms with Crippen LogP contribution in [0.25, 0.3) is 0 Å². The van der Waals surface area contributed by atoms with Gasteiger partial charge in [-0.1, -0.05) is 43.2 Å². The molecule has 1 heterocycles. The number of fused-ring (bicyclic) bond motifs is 1. The summed E-state index contributed by atoms with van der Waals surface area (Å²) in [4.78, 5) is 42.0. The van der Waals surface area contributed by atoms with Gasteiger partial charge < -0.3 is 19.9 Å². The molecule has 2 aliphatic rings. The second-order valence-corrected chi connectivity index (χ2v) is 8.14. The zero-order valence-corrected chi connectivity index (χ0v) is 17.8. The summed E-state index contributed by atoms with van der Waals surface area (Å²) in [7, 11) is 1.50. The van der Waals surface area contributed by atoms with E-state index in [1.807, 2.05) is 30.3 Å². The van der Waals surface area contributed by atoms with Crippen LogP contribution in [0.3, 0.4) is 0 Å². The molecule has 7 heteroatoms. The van der Waals surface area contributed by atoms with E-state index < -0.39 is 0 Å². The number of aryl methyl sites for hydroxylation is 1. The van der Waals surface area contributed by atoms with Crippen molar-refractivity contribution in [2.75, 3.05) is 39.9 Å². The van der Waals surface area contributed by atoms with E-state index in [1.54, 1.807) is 9.80 Å². The van der Waals surface area contributed by atoms with Crippen molar-refractivity contribution in [1.82, 2.24) is 15.1 Å². The molecule has 1 saturated heterocycles. The first-order valence-corrected chi connectivity index (χ1v) is 11.0. The molecule has 1 aromatic rings. The van der Waals surface area contributed by atoms with Gasteiger partial charge in [0.1, 0.15) is 6.61 Å². The number of carbonyl (C=O) groups excluding carboxylic acids is 3. The van der Waals surface area contributed by atoms with Crippen molar-refractivity contribution in [3.63, 3.8) is 0 Å². The normalized spacial score (nSPS) is 22.8. The molecule has 7 nitrogen and oxygen atoms in total. The van der Waals surface area contributed by atoms with Gasteiger partial charge in [-0.2, -0.15) is 0 Å². The highest BCUT2D eigenvalue weighted by Gasteiger charge is 2.37. The van der Waals surface area contributed by atoms with Crippen LogP contribution in [0, 0.1) is 5.92 Å². The van der Waals surface area contributed by atoms with Crippen LogP contribution in [0.5, 0.6) is 0 Å². The van der Waals surface area contributed by atoms with Crippen molar-refractivity contribution in [3.8, 4) is 0 Å². The quantitative estimate of drug-likeness (QED) is 0.793. The molecule has 1 aromatic carbocycles. The van der Waals surface area contributed by atoms with Gasteiger partial charge in [-0.3, -0.25) is 14.4 Å². The van der Waals surface area contributed by atoms with Crippen LogP contribution < -0.4 is 5.32 Å². The molecule has 0 spiro atoms. The molecule has 0 bridgehead atoms. The highest BCUT2D eigenvalue weighted by Crippen LogP contribution is 2.29. The number of nitrogens with one attached hydrogen (secondary N) is 1. The number of methoxy groups -OCH3 is 1. The van der Waals surface area contributed by atoms with E-state index in [0.29, 0.717) is 39.0 Å². The van der Waals surface area contributed by atoms with Gasteiger partial charge in [0.05, 0.1) is 5.92 Å². The van der Waals surface area contributed by atoms with Gasteiger partial charge in [-0.15, -0.1) is 0 Å². The van der Waals surface area contributed by atoms with E-state index in [2.05, 4.69) is 5.32 Å². The molecule has 1 N–H and O–H groups in total. The molecule has 2 fully saturated rings. The molecule has 0 aromatic heterocycles. The second-order valence-electron chi connectivity index (χ2n) is 8.14. The standard InChI is InChI=1S/C23H33N3O4/c1-30-17-22(28)26-16-15-25(21(27)12-11-18-7-3-2-4-8-18)14-13-24-23(29)19-9-5-6-10-20(19)26/h2-4,7-8,19-20H,5-6,9-17H2,1H3,(H,24,29)/t19-,20+/m0/s1. The fraction of sp³-hybridized carbons (Fsp3) is 0.609. The number of ether oxygens (including phenoxy) is 1. The lowest BCUT2D eigenvalue weighted by Crippen LogP contribution is -2.56. The first-order chi connectivity index (χ1) is 14.6. The summed E-state index contributed by atoms with van der Waals surface area (Å²) in [6.07, 6.45) is 4.72. The maximum atomic E-state index is 12.9. The van der Waals surface area contributed by atoms with Gasteiger partial charge in [0.25, 0.3) is 0 Å². The van der Waals surface area contributed by atoms with Crippen molar-refractivity contribution >= 4 is 17.7 Å². The Morgan fingerprint density at radius 2 is 1.83 bits per heavy atom. The fourth-order valence-electron chi connectivity index (χ4n) is 4.56. The Hall–Kier alpha value is -2.41. The lowest BCUT2D eigenvalue weighted by atomic mass is 9.82. The highest BCUT2D eigenvalue weighted by molar-refractivity contribution is 5.83. The maximum Gasteiger partial charge on any atom is 0.248 e. The van der Waals surface area contributed by atoms with Crippen molar-refractivity contribution in [3.05, 3.63) is 35.9 Å². The first-order valence-electron chi connectivity index (χ1n) is 11.0. The number of amides is 3. The molecule has 3 amide bonds. The summed E-state index contributed by atoms with van der Waals surface area (Å²) in [5.41, 5.74) is 1.13. The van der Waals surface area contributed by atoms with Gasteiger partial charge in [-0.25, -0.2) is 0 Å². The van der Waals surface area contributed by atoms with E-state index in [0.717, 1.165) is 31.2 Å². The third kappa shape index (κ3) is 5.81. The van der Waals surface area contributed by atoms with Gasteiger partial charge in [-0.05, 0) is 24.8 Å². The minimum atomic E-state index is -0.181. The summed E-state index contributed by atoms with van der Waals surface area (Å²) < 4.78 is 5.08. The average molecular weight is 416 g/mol. The summed E-state index contributed by atoms with van der Waals surface area (Å²) in [6.45, 7) is 1.82. The van der Waals surface area contributed by atoms with Crippen molar-refractivity contribution < 1.29 is 19.1 Å². The molecule has 0 radical (unpaired) electrons. The Balaban J connectivity index is 1.70. The largest absolute Gasteiger partial charge is 0.375 e. The Bertz CT molecular complexity index is 724. The van der Waals surface area contributed by atoms with Crippen LogP contribution in [0.1, 0.15) is 37.7 Å². The monoisotopic (exact) mass is 415 g/mol. The minimum Gasteiger partial charge on any atom is -0.375 e. The van der Waals surface area contributed by atoms with Crippen molar-refractivity contribution in [2.45, 2.75) is 44.6 Å². The Kier molecular flexibility index (Phi) is 8.25. The fourth-order valence-corrected chi connectivity index (χ4v) is 4.56. The minimum absolute atomic E-state index is 0.00602. The lowest BCUT2D eigenvalue weighted by molar-refractivity contribution is -0.144. The number of rotatable bonds is 5. The highest BCUT2D eigenvalue weighted by atomic mass is 16.5. The molecule has 30 heavy (non-hydrogen) atoms. The first kappa shape index (κ1) is 22.3. The third-order valence-corrected chi connectivity index (χ3v) is 6.17. The Labute approximate surface area is 178 Å². The molecule has 2 atom stereocenters. The van der Waals surface area contributed by atoms with Crippen LogP contribution in [0.4, 0.5) is 0 Å². The number of hydrogen-bond donors (Lipinski definition) is 1. The lowest BCUT2D eigenvalue weighted by Gasteiger charge is -2.41. The summed E-state index contributed by atoms with van der Waals surface area (Å²) >= 11 is 0. The van der Waals surface area contributed by atoms with E-state index in [9.17, 15) is 14.4 Å². The molecule has 3 rings (SSSR count). The molecule has 0 unspecified atom stereocenters. The zero-order valence-electron chi connectivity index (χ0n) is 17.8. The maximum absolute atomic E-state index is 12.9. The topological polar surface area (TPSA) is 79.0 Å². The molecular weight excluding hydrogens is 382 g/mol. The zero-order chi connectivity index (χ0) is 21.3. The van der Waals surface area contributed by atoms with Gasteiger partial charge in [0.2, 0.25) is 17.7 Å². The van der Waals surface area contributed by atoms with E-state index in [-0.39, 0.29) is 36.3 Å². The van der Waals surface area contributed by atoms with Crippen LogP contribution in [-0.2, 0) is 25.5 Å². The smallest absolute Gasteiger partial charge is 0.248 e. The number of nitrogens with zero attached hydrogens (tertiary/aromatic N) is 2. The Morgan fingerprint density at radius 1 is 1.07 bits per heavy atom. The number of hydrogen-bond acceptors (Lipinski definition) is 4. The van der Waals surface area contributed by atoms with Gasteiger partial charge in [0, 0.05) is 45.8 Å². The van der Waals surface area contributed by atoms with Crippen molar-refractivity contribution in [1.29, 1.82) is 0 Å². The molecule has 164 valence electrons. The van der Waals surface area contributed by atoms with Gasteiger partial charge in [0.15, 0.2) is 0 Å². The predicted molar refractivity (Wildman–Crippen MR) is 114 cm³/mol. The summed E-state index contributed by atoms with van der Waals surface area (Å²) in [5, 5.41) is 3.00. The number of benzene rings is 1. The second kappa shape index (κ2) is 11.1. The Morgan fingerprint density at radius 3 is 2.60 bits per heavy atom. The number of carbonyl (C=O) groups is 3. The van der Waals surface area contributed by atoms with Crippen LogP contribution >= 0.6 is 0 Å². The molecule has 1 saturated carbocycles. The SMILES string of the molecule is COCC(=O)N1CCN(C(=O)CCc2ccccc2)CCNC(=O)[C@H]2CCCC[C@H]21. The molecule has 1 aliphatic carbocycles. The van der Waals surface area contributed by atoms with Crippen molar-refractivity contribution in [2.24, 2.45) is 5.92 Å². The van der Waals surface area contributed by atoms with Crippen LogP contribution in [0.15, 0.2) is 30.3 Å². The average Bonchev–Trinajstić information content (AvgIpc) is 2.77. The van der Waals surface area contributed by atoms with E-state index in [4.69, 9.17) is 4.74 Å².